The van der Waals surface area contributed by atoms with E-state index in [0.717, 1.165) is 48.3 Å². The summed E-state index contributed by atoms with van der Waals surface area (Å²) in [6, 6.07) is 11.8. The van der Waals surface area contributed by atoms with E-state index in [4.69, 9.17) is 0 Å². The molecule has 1 saturated heterocycles. The van der Waals surface area contributed by atoms with Gasteiger partial charge in [0.15, 0.2) is 5.82 Å². The van der Waals surface area contributed by atoms with Gasteiger partial charge in [-0.25, -0.2) is 0 Å². The molecule has 3 aromatic rings. The highest BCUT2D eigenvalue weighted by Crippen LogP contribution is 2.22. The van der Waals surface area contributed by atoms with E-state index in [2.05, 4.69) is 15.1 Å². The Kier molecular flexibility index (Phi) is 4.09. The molecular formula is C19H21N5O. The van der Waals surface area contributed by atoms with Gasteiger partial charge < -0.3 is 14.4 Å². The average molecular weight is 335 g/mol. The molecule has 0 atom stereocenters. The molecule has 25 heavy (non-hydrogen) atoms. The molecule has 6 nitrogen and oxygen atoms in total. The number of anilines is 1. The van der Waals surface area contributed by atoms with Crippen LogP contribution in [0.15, 0.2) is 48.8 Å². The average Bonchev–Trinajstić information content (AvgIpc) is 2.88. The standard InChI is InChI=1S/C19H21N5O/c1-22-12-8-15-16(5-2-6-17(15)22)19(25)24-11-4-10-23(13-14-24)18-7-3-9-20-21-18/h2-3,5-9,12H,4,10-11,13-14H2,1H3. The summed E-state index contributed by atoms with van der Waals surface area (Å²) >= 11 is 0. The highest BCUT2D eigenvalue weighted by atomic mass is 16.2. The van der Waals surface area contributed by atoms with Gasteiger partial charge in [0, 0.05) is 62.1 Å². The second-order valence-electron chi connectivity index (χ2n) is 6.38. The summed E-state index contributed by atoms with van der Waals surface area (Å²) in [5.41, 5.74) is 1.87. The lowest BCUT2D eigenvalue weighted by Gasteiger charge is -2.22. The Balaban J connectivity index is 1.55. The van der Waals surface area contributed by atoms with Crippen LogP contribution < -0.4 is 4.90 Å². The summed E-state index contributed by atoms with van der Waals surface area (Å²) in [6.07, 6.45) is 4.60. The number of benzene rings is 1. The third kappa shape index (κ3) is 2.95. The van der Waals surface area contributed by atoms with Gasteiger partial charge in [-0.3, -0.25) is 4.79 Å². The van der Waals surface area contributed by atoms with Crippen LogP contribution in [-0.2, 0) is 7.05 Å². The second-order valence-corrected chi connectivity index (χ2v) is 6.38. The maximum atomic E-state index is 13.1. The molecule has 0 N–H and O–H groups in total. The zero-order valence-corrected chi connectivity index (χ0v) is 14.3. The van der Waals surface area contributed by atoms with Crippen molar-refractivity contribution >= 4 is 22.6 Å². The van der Waals surface area contributed by atoms with Crippen molar-refractivity contribution in [3.05, 3.63) is 54.4 Å². The number of aromatic nitrogens is 3. The lowest BCUT2D eigenvalue weighted by molar-refractivity contribution is 0.0769. The quantitative estimate of drug-likeness (QED) is 0.721. The molecule has 2 aromatic heterocycles. The van der Waals surface area contributed by atoms with Crippen molar-refractivity contribution in [1.29, 1.82) is 0 Å². The third-order valence-corrected chi connectivity index (χ3v) is 4.82. The van der Waals surface area contributed by atoms with Crippen LogP contribution in [0.5, 0.6) is 0 Å². The topological polar surface area (TPSA) is 54.3 Å². The first kappa shape index (κ1) is 15.6. The first-order valence-corrected chi connectivity index (χ1v) is 8.60. The molecule has 0 bridgehead atoms. The van der Waals surface area contributed by atoms with E-state index in [9.17, 15) is 4.79 Å². The summed E-state index contributed by atoms with van der Waals surface area (Å²) < 4.78 is 2.05. The number of hydrogen-bond donors (Lipinski definition) is 0. The zero-order valence-electron chi connectivity index (χ0n) is 14.3. The van der Waals surface area contributed by atoms with E-state index in [0.29, 0.717) is 6.54 Å². The summed E-state index contributed by atoms with van der Waals surface area (Å²) in [6.45, 7) is 3.12. The normalized spacial score (nSPS) is 15.4. The largest absolute Gasteiger partial charge is 0.353 e. The number of fused-ring (bicyclic) bond motifs is 1. The van der Waals surface area contributed by atoms with E-state index >= 15 is 0 Å². The van der Waals surface area contributed by atoms with E-state index in [1.165, 1.54) is 0 Å². The minimum absolute atomic E-state index is 0.109. The number of hydrogen-bond acceptors (Lipinski definition) is 4. The van der Waals surface area contributed by atoms with E-state index in [1.54, 1.807) is 6.20 Å². The van der Waals surface area contributed by atoms with Crippen molar-refractivity contribution in [3.63, 3.8) is 0 Å². The SMILES string of the molecule is Cn1ccc2c(C(=O)N3CCCN(c4cccnn4)CC3)cccc21. The second kappa shape index (κ2) is 6.55. The van der Waals surface area contributed by atoms with E-state index < -0.39 is 0 Å². The molecule has 1 fully saturated rings. The van der Waals surface area contributed by atoms with Gasteiger partial charge in [0.1, 0.15) is 0 Å². The minimum atomic E-state index is 0.109. The van der Waals surface area contributed by atoms with Gasteiger partial charge >= 0.3 is 0 Å². The summed E-state index contributed by atoms with van der Waals surface area (Å²) in [7, 11) is 2.00. The van der Waals surface area contributed by atoms with Crippen LogP contribution >= 0.6 is 0 Å². The van der Waals surface area contributed by atoms with Crippen LogP contribution in [0.3, 0.4) is 0 Å². The number of nitrogens with zero attached hydrogens (tertiary/aromatic N) is 5. The van der Waals surface area contributed by atoms with Crippen molar-refractivity contribution in [3.8, 4) is 0 Å². The predicted octanol–water partition coefficient (Wildman–Crippen LogP) is 2.32. The smallest absolute Gasteiger partial charge is 0.254 e. The summed E-state index contributed by atoms with van der Waals surface area (Å²) in [4.78, 5) is 17.2. The van der Waals surface area contributed by atoms with Crippen LogP contribution in [0.4, 0.5) is 5.82 Å². The number of aryl methyl sites for hydroxylation is 1. The molecule has 3 heterocycles. The van der Waals surface area contributed by atoms with Crippen LogP contribution in [0.1, 0.15) is 16.8 Å². The van der Waals surface area contributed by atoms with E-state index in [-0.39, 0.29) is 5.91 Å². The molecule has 1 aliphatic rings. The van der Waals surface area contributed by atoms with Crippen molar-refractivity contribution in [1.82, 2.24) is 19.7 Å². The van der Waals surface area contributed by atoms with Crippen molar-refractivity contribution in [2.45, 2.75) is 6.42 Å². The molecule has 0 saturated carbocycles. The van der Waals surface area contributed by atoms with Gasteiger partial charge in [0.2, 0.25) is 0 Å². The first-order valence-electron chi connectivity index (χ1n) is 8.60. The van der Waals surface area contributed by atoms with Gasteiger partial charge in [-0.15, -0.1) is 5.10 Å². The molecule has 6 heteroatoms. The fraction of sp³-hybridized carbons (Fsp3) is 0.316. The number of carbonyl (C=O) groups excluding carboxylic acids is 1. The molecule has 0 unspecified atom stereocenters. The highest BCUT2D eigenvalue weighted by molar-refractivity contribution is 6.06. The lowest BCUT2D eigenvalue weighted by Crippen LogP contribution is -2.35. The molecular weight excluding hydrogens is 314 g/mol. The Bertz CT molecular complexity index is 889. The molecule has 1 aliphatic heterocycles. The van der Waals surface area contributed by atoms with Crippen LogP contribution in [0, 0.1) is 0 Å². The predicted molar refractivity (Wildman–Crippen MR) is 97.7 cm³/mol. The monoisotopic (exact) mass is 335 g/mol. The molecule has 1 aromatic carbocycles. The third-order valence-electron chi connectivity index (χ3n) is 4.82. The molecule has 0 aliphatic carbocycles. The van der Waals surface area contributed by atoms with E-state index in [1.807, 2.05) is 59.1 Å². The molecule has 128 valence electrons. The summed E-state index contributed by atoms with van der Waals surface area (Å²) in [5.74, 6) is 0.986. The Morgan fingerprint density at radius 3 is 2.80 bits per heavy atom. The highest BCUT2D eigenvalue weighted by Gasteiger charge is 2.22. The zero-order chi connectivity index (χ0) is 17.2. The van der Waals surface area contributed by atoms with Crippen LogP contribution in [0.25, 0.3) is 10.9 Å². The van der Waals surface area contributed by atoms with Gasteiger partial charge in [0.25, 0.3) is 5.91 Å². The molecule has 0 spiro atoms. The summed E-state index contributed by atoms with van der Waals surface area (Å²) in [5, 5.41) is 9.16. The Morgan fingerprint density at radius 2 is 1.96 bits per heavy atom. The van der Waals surface area contributed by atoms with Gasteiger partial charge in [-0.1, -0.05) is 6.07 Å². The number of carbonyl (C=O) groups is 1. The fourth-order valence-electron chi connectivity index (χ4n) is 3.47. The van der Waals surface area contributed by atoms with Crippen LogP contribution in [0.2, 0.25) is 0 Å². The Hall–Kier alpha value is -2.89. The van der Waals surface area contributed by atoms with Gasteiger partial charge in [-0.05, 0) is 36.8 Å². The number of amides is 1. The van der Waals surface area contributed by atoms with Gasteiger partial charge in [-0.2, -0.15) is 5.10 Å². The van der Waals surface area contributed by atoms with Crippen molar-refractivity contribution in [2.75, 3.05) is 31.1 Å². The maximum Gasteiger partial charge on any atom is 0.254 e. The molecule has 1 amide bonds. The number of rotatable bonds is 2. The van der Waals surface area contributed by atoms with Crippen molar-refractivity contribution in [2.24, 2.45) is 7.05 Å². The lowest BCUT2D eigenvalue weighted by atomic mass is 10.1. The van der Waals surface area contributed by atoms with Gasteiger partial charge in [0.05, 0.1) is 0 Å². The Labute approximate surface area is 146 Å². The first-order chi connectivity index (χ1) is 12.2. The minimum Gasteiger partial charge on any atom is -0.353 e. The fourth-order valence-corrected chi connectivity index (χ4v) is 3.47. The molecule has 0 radical (unpaired) electrons. The Morgan fingerprint density at radius 1 is 1.04 bits per heavy atom. The molecule has 4 rings (SSSR count). The maximum absolute atomic E-state index is 13.1. The van der Waals surface area contributed by atoms with Crippen LogP contribution in [-0.4, -0.2) is 51.8 Å². The van der Waals surface area contributed by atoms with Crippen molar-refractivity contribution < 1.29 is 4.79 Å².